The Morgan fingerprint density at radius 2 is 1.94 bits per heavy atom. The molecule has 4 heteroatoms. The van der Waals surface area contributed by atoms with Crippen LogP contribution in [0.1, 0.15) is 43.9 Å². The first-order chi connectivity index (χ1) is 7.84. The molecular formula is C13H18F3N. The molecule has 0 aliphatic heterocycles. The molecule has 1 nitrogen and oxygen atoms in total. The van der Waals surface area contributed by atoms with E-state index in [-0.39, 0.29) is 6.04 Å². The van der Waals surface area contributed by atoms with Crippen molar-refractivity contribution in [3.05, 3.63) is 35.4 Å². The van der Waals surface area contributed by atoms with Crippen molar-refractivity contribution in [1.82, 2.24) is 0 Å². The van der Waals surface area contributed by atoms with E-state index in [1.54, 1.807) is 6.07 Å². The molecule has 1 aromatic carbocycles. The summed E-state index contributed by atoms with van der Waals surface area (Å²) in [6.45, 7) is 4.09. The van der Waals surface area contributed by atoms with Gasteiger partial charge in [0.2, 0.25) is 0 Å². The molecule has 1 rings (SSSR count). The zero-order valence-corrected chi connectivity index (χ0v) is 10.1. The summed E-state index contributed by atoms with van der Waals surface area (Å²) in [5, 5.41) is 0. The molecular weight excluding hydrogens is 227 g/mol. The highest BCUT2D eigenvalue weighted by atomic mass is 19.4. The minimum atomic E-state index is -4.30. The third kappa shape index (κ3) is 4.04. The van der Waals surface area contributed by atoms with Crippen molar-refractivity contribution in [2.45, 2.75) is 38.9 Å². The number of benzene rings is 1. The Labute approximate surface area is 99.8 Å². The lowest BCUT2D eigenvalue weighted by molar-refractivity contribution is -0.137. The molecule has 0 aromatic heterocycles. The Balaban J connectivity index is 2.84. The van der Waals surface area contributed by atoms with E-state index in [0.717, 1.165) is 18.6 Å². The van der Waals surface area contributed by atoms with E-state index in [2.05, 4.69) is 0 Å². The van der Waals surface area contributed by atoms with Crippen molar-refractivity contribution in [3.63, 3.8) is 0 Å². The zero-order valence-electron chi connectivity index (χ0n) is 10.1. The molecule has 0 amide bonds. The standard InChI is InChI=1S/C13H18F3N/c1-3-9(2)7-12(17)10-5-4-6-11(8-10)13(14,15)16/h4-6,8-9,12H,3,7,17H2,1-2H3. The number of halogens is 3. The predicted molar refractivity (Wildman–Crippen MR) is 62.4 cm³/mol. The second kappa shape index (κ2) is 5.54. The molecule has 17 heavy (non-hydrogen) atoms. The first kappa shape index (κ1) is 14.0. The van der Waals surface area contributed by atoms with Gasteiger partial charge < -0.3 is 5.73 Å². The third-order valence-electron chi connectivity index (χ3n) is 3.00. The molecule has 0 fully saturated rings. The van der Waals surface area contributed by atoms with Gasteiger partial charge in [0.1, 0.15) is 0 Å². The number of hydrogen-bond donors (Lipinski definition) is 1. The maximum absolute atomic E-state index is 12.5. The van der Waals surface area contributed by atoms with E-state index >= 15 is 0 Å². The quantitative estimate of drug-likeness (QED) is 0.847. The van der Waals surface area contributed by atoms with Crippen LogP contribution in [0, 0.1) is 5.92 Å². The molecule has 2 atom stereocenters. The first-order valence-electron chi connectivity index (χ1n) is 5.77. The third-order valence-corrected chi connectivity index (χ3v) is 3.00. The molecule has 2 N–H and O–H groups in total. The maximum Gasteiger partial charge on any atom is 0.416 e. The number of rotatable bonds is 4. The van der Waals surface area contributed by atoms with Crippen LogP contribution in [0.15, 0.2) is 24.3 Å². The zero-order chi connectivity index (χ0) is 13.1. The lowest BCUT2D eigenvalue weighted by atomic mass is 9.94. The van der Waals surface area contributed by atoms with E-state index in [9.17, 15) is 13.2 Å². The van der Waals surface area contributed by atoms with E-state index in [4.69, 9.17) is 5.73 Å². The minimum absolute atomic E-state index is 0.327. The van der Waals surface area contributed by atoms with Gasteiger partial charge >= 0.3 is 6.18 Å². The van der Waals surface area contributed by atoms with E-state index in [0.29, 0.717) is 17.9 Å². The largest absolute Gasteiger partial charge is 0.416 e. The summed E-state index contributed by atoms with van der Waals surface area (Å²) in [6.07, 6.45) is -2.61. The summed E-state index contributed by atoms with van der Waals surface area (Å²) in [6, 6.07) is 4.95. The van der Waals surface area contributed by atoms with Gasteiger partial charge in [-0.2, -0.15) is 13.2 Å². The van der Waals surface area contributed by atoms with Gasteiger partial charge in [-0.15, -0.1) is 0 Å². The lowest BCUT2D eigenvalue weighted by Crippen LogP contribution is -2.15. The summed E-state index contributed by atoms with van der Waals surface area (Å²) in [7, 11) is 0. The highest BCUT2D eigenvalue weighted by molar-refractivity contribution is 5.27. The van der Waals surface area contributed by atoms with Crippen LogP contribution in [0.5, 0.6) is 0 Å². The second-order valence-electron chi connectivity index (χ2n) is 4.48. The Kier molecular flexibility index (Phi) is 4.57. The summed E-state index contributed by atoms with van der Waals surface area (Å²) in [4.78, 5) is 0. The molecule has 0 saturated carbocycles. The highest BCUT2D eigenvalue weighted by Gasteiger charge is 2.30. The summed E-state index contributed by atoms with van der Waals surface area (Å²) < 4.78 is 37.6. The van der Waals surface area contributed by atoms with E-state index < -0.39 is 11.7 Å². The minimum Gasteiger partial charge on any atom is -0.324 e. The molecule has 96 valence electrons. The van der Waals surface area contributed by atoms with E-state index in [1.165, 1.54) is 6.07 Å². The molecule has 0 aliphatic carbocycles. The van der Waals surface area contributed by atoms with Gasteiger partial charge in [0.05, 0.1) is 5.56 Å². The molecule has 0 aliphatic rings. The number of hydrogen-bond acceptors (Lipinski definition) is 1. The van der Waals surface area contributed by atoms with Crippen LogP contribution >= 0.6 is 0 Å². The normalized spacial score (nSPS) is 15.6. The van der Waals surface area contributed by atoms with Crippen molar-refractivity contribution < 1.29 is 13.2 Å². The molecule has 0 radical (unpaired) electrons. The Hall–Kier alpha value is -1.03. The highest BCUT2D eigenvalue weighted by Crippen LogP contribution is 2.31. The Morgan fingerprint density at radius 3 is 2.47 bits per heavy atom. The van der Waals surface area contributed by atoms with Crippen molar-refractivity contribution >= 4 is 0 Å². The van der Waals surface area contributed by atoms with Gasteiger partial charge in [0, 0.05) is 6.04 Å². The van der Waals surface area contributed by atoms with Gasteiger partial charge in [-0.25, -0.2) is 0 Å². The predicted octanol–water partition coefficient (Wildman–Crippen LogP) is 4.14. The molecule has 0 saturated heterocycles. The molecule has 0 heterocycles. The van der Waals surface area contributed by atoms with Crippen LogP contribution in [0.25, 0.3) is 0 Å². The summed E-state index contributed by atoms with van der Waals surface area (Å²) in [5.74, 6) is 0.416. The molecule has 2 unspecified atom stereocenters. The summed E-state index contributed by atoms with van der Waals surface area (Å²) in [5.41, 5.74) is 5.84. The van der Waals surface area contributed by atoms with Crippen LogP contribution in [-0.2, 0) is 6.18 Å². The van der Waals surface area contributed by atoms with Gasteiger partial charge in [-0.3, -0.25) is 0 Å². The molecule has 1 aromatic rings. The van der Waals surface area contributed by atoms with Crippen LogP contribution < -0.4 is 5.73 Å². The van der Waals surface area contributed by atoms with Crippen molar-refractivity contribution in [1.29, 1.82) is 0 Å². The Morgan fingerprint density at radius 1 is 1.29 bits per heavy atom. The number of nitrogens with two attached hydrogens (primary N) is 1. The fraction of sp³-hybridized carbons (Fsp3) is 0.538. The fourth-order valence-electron chi connectivity index (χ4n) is 1.68. The smallest absolute Gasteiger partial charge is 0.324 e. The van der Waals surface area contributed by atoms with Crippen LogP contribution in [0.2, 0.25) is 0 Å². The first-order valence-corrected chi connectivity index (χ1v) is 5.77. The second-order valence-corrected chi connectivity index (χ2v) is 4.48. The van der Waals surface area contributed by atoms with Gasteiger partial charge in [-0.1, -0.05) is 32.4 Å². The number of alkyl halides is 3. The van der Waals surface area contributed by atoms with Crippen LogP contribution in [-0.4, -0.2) is 0 Å². The molecule has 0 spiro atoms. The van der Waals surface area contributed by atoms with Crippen molar-refractivity contribution in [3.8, 4) is 0 Å². The van der Waals surface area contributed by atoms with Crippen molar-refractivity contribution in [2.24, 2.45) is 11.7 Å². The van der Waals surface area contributed by atoms with Gasteiger partial charge in [0.25, 0.3) is 0 Å². The average Bonchev–Trinajstić information content (AvgIpc) is 2.28. The van der Waals surface area contributed by atoms with E-state index in [1.807, 2.05) is 13.8 Å². The summed E-state index contributed by atoms with van der Waals surface area (Å²) >= 11 is 0. The average molecular weight is 245 g/mol. The maximum atomic E-state index is 12.5. The van der Waals surface area contributed by atoms with Crippen LogP contribution in [0.3, 0.4) is 0 Å². The Bertz CT molecular complexity index is 360. The lowest BCUT2D eigenvalue weighted by Gasteiger charge is -2.17. The van der Waals surface area contributed by atoms with Gasteiger partial charge in [-0.05, 0) is 30.0 Å². The van der Waals surface area contributed by atoms with Crippen molar-refractivity contribution in [2.75, 3.05) is 0 Å². The van der Waals surface area contributed by atoms with Gasteiger partial charge in [0.15, 0.2) is 0 Å². The SMILES string of the molecule is CCC(C)CC(N)c1cccc(C(F)(F)F)c1. The fourth-order valence-corrected chi connectivity index (χ4v) is 1.68. The topological polar surface area (TPSA) is 26.0 Å². The molecule has 0 bridgehead atoms. The monoisotopic (exact) mass is 245 g/mol. The van der Waals surface area contributed by atoms with Crippen LogP contribution in [0.4, 0.5) is 13.2 Å².